The zero-order valence-corrected chi connectivity index (χ0v) is 17.8. The summed E-state index contributed by atoms with van der Waals surface area (Å²) in [6.45, 7) is 4.38. The minimum absolute atomic E-state index is 0.120. The van der Waals surface area contributed by atoms with Crippen LogP contribution in [0.25, 0.3) is 0 Å². The van der Waals surface area contributed by atoms with E-state index in [1.54, 1.807) is 11.8 Å². The van der Waals surface area contributed by atoms with Crippen molar-refractivity contribution in [3.05, 3.63) is 59.2 Å². The SMILES string of the molecule is CCC(=O)Nc1ccc(O)c(C(=O)N2CCCN(Cc3ccc(C(F)(F)F)cc3)CC2)c1. The van der Waals surface area contributed by atoms with Crippen LogP contribution in [0, 0.1) is 0 Å². The molecule has 0 spiro atoms. The van der Waals surface area contributed by atoms with E-state index in [0.717, 1.165) is 17.7 Å². The number of nitrogens with one attached hydrogen (secondary N) is 1. The molecule has 1 aliphatic heterocycles. The molecular formula is C23H26F3N3O3. The summed E-state index contributed by atoms with van der Waals surface area (Å²) in [5.41, 5.74) is 0.660. The molecule has 0 atom stereocenters. The number of hydrogen-bond acceptors (Lipinski definition) is 4. The Hall–Kier alpha value is -3.07. The maximum atomic E-state index is 13.0. The van der Waals surface area contributed by atoms with Gasteiger partial charge in [0.15, 0.2) is 0 Å². The number of benzene rings is 2. The molecule has 1 heterocycles. The number of aromatic hydroxyl groups is 1. The van der Waals surface area contributed by atoms with Gasteiger partial charge in [-0.15, -0.1) is 0 Å². The molecule has 6 nitrogen and oxygen atoms in total. The monoisotopic (exact) mass is 449 g/mol. The predicted octanol–water partition coefficient (Wildman–Crippen LogP) is 4.11. The first kappa shape index (κ1) is 23.6. The minimum Gasteiger partial charge on any atom is -0.507 e. The van der Waals surface area contributed by atoms with Gasteiger partial charge in [-0.25, -0.2) is 0 Å². The Morgan fingerprint density at radius 1 is 1.03 bits per heavy atom. The summed E-state index contributed by atoms with van der Waals surface area (Å²) in [5, 5.41) is 12.9. The van der Waals surface area contributed by atoms with E-state index in [1.807, 2.05) is 0 Å². The maximum absolute atomic E-state index is 13.0. The van der Waals surface area contributed by atoms with Crippen molar-refractivity contribution in [2.24, 2.45) is 0 Å². The molecular weight excluding hydrogens is 423 g/mol. The van der Waals surface area contributed by atoms with Crippen LogP contribution in [0.3, 0.4) is 0 Å². The molecule has 2 N–H and O–H groups in total. The fraction of sp³-hybridized carbons (Fsp3) is 0.391. The number of hydrogen-bond donors (Lipinski definition) is 2. The molecule has 0 saturated carbocycles. The number of alkyl halides is 3. The Morgan fingerprint density at radius 3 is 2.41 bits per heavy atom. The number of phenols is 1. The topological polar surface area (TPSA) is 72.9 Å². The molecule has 32 heavy (non-hydrogen) atoms. The molecule has 9 heteroatoms. The van der Waals surface area contributed by atoms with Crippen LogP contribution in [-0.2, 0) is 17.5 Å². The highest BCUT2D eigenvalue weighted by Crippen LogP contribution is 2.29. The highest BCUT2D eigenvalue weighted by Gasteiger charge is 2.30. The number of halogens is 3. The van der Waals surface area contributed by atoms with E-state index in [4.69, 9.17) is 0 Å². The number of rotatable bonds is 5. The standard InChI is InChI=1S/C23H26F3N3O3/c1-2-21(31)27-18-8-9-20(30)19(14-18)22(32)29-11-3-10-28(12-13-29)15-16-4-6-17(7-5-16)23(24,25)26/h4-9,14,30H,2-3,10-13,15H2,1H3,(H,27,31). The number of nitrogens with zero attached hydrogens (tertiary/aromatic N) is 2. The van der Waals surface area contributed by atoms with Crippen LogP contribution in [0.5, 0.6) is 5.75 Å². The molecule has 0 radical (unpaired) electrons. The van der Waals surface area contributed by atoms with Crippen LogP contribution in [0.1, 0.15) is 41.3 Å². The number of anilines is 1. The van der Waals surface area contributed by atoms with Gasteiger partial charge in [0.05, 0.1) is 11.1 Å². The van der Waals surface area contributed by atoms with Crippen molar-refractivity contribution in [2.75, 3.05) is 31.5 Å². The summed E-state index contributed by atoms with van der Waals surface area (Å²) in [6.07, 6.45) is -3.37. The van der Waals surface area contributed by atoms with E-state index in [2.05, 4.69) is 10.2 Å². The Bertz CT molecular complexity index is 961. The van der Waals surface area contributed by atoms with Crippen LogP contribution in [0.4, 0.5) is 18.9 Å². The molecule has 1 saturated heterocycles. The van der Waals surface area contributed by atoms with Gasteiger partial charge >= 0.3 is 6.18 Å². The van der Waals surface area contributed by atoms with E-state index in [0.29, 0.717) is 51.3 Å². The van der Waals surface area contributed by atoms with Crippen LogP contribution >= 0.6 is 0 Å². The lowest BCUT2D eigenvalue weighted by molar-refractivity contribution is -0.137. The Labute approximate surface area is 184 Å². The highest BCUT2D eigenvalue weighted by atomic mass is 19.4. The van der Waals surface area contributed by atoms with Gasteiger partial charge in [-0.1, -0.05) is 19.1 Å². The zero-order chi connectivity index (χ0) is 23.3. The molecule has 2 aromatic rings. The lowest BCUT2D eigenvalue weighted by Gasteiger charge is -2.23. The Morgan fingerprint density at radius 2 is 1.75 bits per heavy atom. The summed E-state index contributed by atoms with van der Waals surface area (Å²) < 4.78 is 38.2. The highest BCUT2D eigenvalue weighted by molar-refractivity contribution is 5.99. The summed E-state index contributed by atoms with van der Waals surface area (Å²) in [5.74, 6) is -0.676. The van der Waals surface area contributed by atoms with Gasteiger partial charge in [0.25, 0.3) is 5.91 Å². The second-order valence-corrected chi connectivity index (χ2v) is 7.75. The van der Waals surface area contributed by atoms with E-state index in [1.165, 1.54) is 30.3 Å². The van der Waals surface area contributed by atoms with Crippen molar-refractivity contribution in [1.29, 1.82) is 0 Å². The van der Waals surface area contributed by atoms with Gasteiger partial charge in [-0.2, -0.15) is 13.2 Å². The second kappa shape index (κ2) is 10.0. The maximum Gasteiger partial charge on any atom is 0.416 e. The quantitative estimate of drug-likeness (QED) is 0.674. The minimum atomic E-state index is -4.36. The van der Waals surface area contributed by atoms with Crippen LogP contribution in [0.2, 0.25) is 0 Å². The van der Waals surface area contributed by atoms with Crippen molar-refractivity contribution in [1.82, 2.24) is 9.80 Å². The van der Waals surface area contributed by atoms with Crippen molar-refractivity contribution in [3.8, 4) is 5.75 Å². The van der Waals surface area contributed by atoms with Gasteiger partial charge in [0.1, 0.15) is 5.75 Å². The van der Waals surface area contributed by atoms with E-state index >= 15 is 0 Å². The van der Waals surface area contributed by atoms with E-state index in [-0.39, 0.29) is 23.1 Å². The van der Waals surface area contributed by atoms with Gasteiger partial charge in [-0.05, 0) is 42.3 Å². The first-order chi connectivity index (χ1) is 15.2. The molecule has 3 rings (SSSR count). The summed E-state index contributed by atoms with van der Waals surface area (Å²) >= 11 is 0. The van der Waals surface area contributed by atoms with Crippen molar-refractivity contribution in [2.45, 2.75) is 32.5 Å². The molecule has 1 fully saturated rings. The average Bonchev–Trinajstić information content (AvgIpc) is 3.00. The molecule has 0 bridgehead atoms. The smallest absolute Gasteiger partial charge is 0.416 e. The first-order valence-corrected chi connectivity index (χ1v) is 10.5. The third kappa shape index (κ3) is 6.00. The van der Waals surface area contributed by atoms with E-state index < -0.39 is 11.7 Å². The van der Waals surface area contributed by atoms with Crippen LogP contribution in [0.15, 0.2) is 42.5 Å². The first-order valence-electron chi connectivity index (χ1n) is 10.5. The Balaban J connectivity index is 1.63. The van der Waals surface area contributed by atoms with E-state index in [9.17, 15) is 27.9 Å². The molecule has 2 aromatic carbocycles. The fourth-order valence-corrected chi connectivity index (χ4v) is 3.59. The fourth-order valence-electron chi connectivity index (χ4n) is 3.59. The number of phenolic OH excluding ortho intramolecular Hbond substituents is 1. The predicted molar refractivity (Wildman–Crippen MR) is 114 cm³/mol. The van der Waals surface area contributed by atoms with Crippen LogP contribution < -0.4 is 5.32 Å². The lowest BCUT2D eigenvalue weighted by Crippen LogP contribution is -2.35. The summed E-state index contributed by atoms with van der Waals surface area (Å²) in [6, 6.07) is 9.50. The van der Waals surface area contributed by atoms with Gasteiger partial charge < -0.3 is 15.3 Å². The van der Waals surface area contributed by atoms with Gasteiger partial charge in [0, 0.05) is 44.8 Å². The Kier molecular flexibility index (Phi) is 7.40. The third-order valence-corrected chi connectivity index (χ3v) is 5.40. The number of amides is 2. The zero-order valence-electron chi connectivity index (χ0n) is 17.8. The number of carbonyl (C=O) groups excluding carboxylic acids is 2. The lowest BCUT2D eigenvalue weighted by atomic mass is 10.1. The normalized spacial score (nSPS) is 15.3. The number of carbonyl (C=O) groups is 2. The third-order valence-electron chi connectivity index (χ3n) is 5.40. The molecule has 2 amide bonds. The van der Waals surface area contributed by atoms with Gasteiger partial charge in [-0.3, -0.25) is 14.5 Å². The van der Waals surface area contributed by atoms with Crippen LogP contribution in [-0.4, -0.2) is 52.9 Å². The summed E-state index contributed by atoms with van der Waals surface area (Å²) in [7, 11) is 0. The molecule has 0 unspecified atom stereocenters. The van der Waals surface area contributed by atoms with Crippen molar-refractivity contribution < 1.29 is 27.9 Å². The summed E-state index contributed by atoms with van der Waals surface area (Å²) in [4.78, 5) is 28.4. The van der Waals surface area contributed by atoms with Gasteiger partial charge in [0.2, 0.25) is 5.91 Å². The van der Waals surface area contributed by atoms with Crippen molar-refractivity contribution in [3.63, 3.8) is 0 Å². The second-order valence-electron chi connectivity index (χ2n) is 7.75. The van der Waals surface area contributed by atoms with Crippen molar-refractivity contribution >= 4 is 17.5 Å². The molecule has 0 aliphatic carbocycles. The average molecular weight is 449 g/mol. The molecule has 172 valence electrons. The largest absolute Gasteiger partial charge is 0.507 e. The molecule has 1 aliphatic rings. The molecule has 0 aromatic heterocycles.